The van der Waals surface area contributed by atoms with Crippen LogP contribution in [0.5, 0.6) is 0 Å². The lowest BCUT2D eigenvalue weighted by atomic mass is 10.1. The van der Waals surface area contributed by atoms with Crippen molar-refractivity contribution in [2.24, 2.45) is 0 Å². The normalized spacial score (nSPS) is 14.4. The van der Waals surface area contributed by atoms with E-state index in [0.29, 0.717) is 11.5 Å². The quantitative estimate of drug-likeness (QED) is 0.325. The zero-order valence-electron chi connectivity index (χ0n) is 19.8. The summed E-state index contributed by atoms with van der Waals surface area (Å²) in [5.74, 6) is 0.671. The first-order chi connectivity index (χ1) is 17.7. The molecule has 6 aromatic heterocycles. The highest BCUT2D eigenvalue weighted by atomic mass is 32.1. The molecule has 0 bridgehead atoms. The van der Waals surface area contributed by atoms with Gasteiger partial charge in [-0.15, -0.1) is 11.3 Å². The van der Waals surface area contributed by atoms with Gasteiger partial charge in [-0.2, -0.15) is 5.10 Å². The molecule has 9 heteroatoms. The Hall–Kier alpha value is -3.95. The fourth-order valence-corrected chi connectivity index (χ4v) is 5.82. The second kappa shape index (κ2) is 8.61. The lowest BCUT2D eigenvalue weighted by Crippen LogP contribution is -2.18. The van der Waals surface area contributed by atoms with E-state index >= 15 is 0 Å². The molecule has 0 unspecified atom stereocenters. The number of H-pyrrole nitrogens is 2. The van der Waals surface area contributed by atoms with Crippen molar-refractivity contribution < 1.29 is 0 Å². The number of hydrogen-bond acceptors (Lipinski definition) is 7. The largest absolute Gasteiger partial charge is 0.335 e. The summed E-state index contributed by atoms with van der Waals surface area (Å²) in [5, 5.41) is 7.68. The van der Waals surface area contributed by atoms with Crippen molar-refractivity contribution in [1.82, 2.24) is 40.0 Å². The van der Waals surface area contributed by atoms with Crippen LogP contribution in [0, 0.1) is 6.92 Å². The summed E-state index contributed by atoms with van der Waals surface area (Å²) in [6, 6.07) is 10.5. The first-order valence-electron chi connectivity index (χ1n) is 12.1. The van der Waals surface area contributed by atoms with Crippen LogP contribution in [-0.4, -0.2) is 53.1 Å². The second-order valence-electron chi connectivity index (χ2n) is 9.31. The minimum atomic E-state index is 0.671. The molecule has 36 heavy (non-hydrogen) atoms. The van der Waals surface area contributed by atoms with Crippen LogP contribution < -0.4 is 0 Å². The summed E-state index contributed by atoms with van der Waals surface area (Å²) in [5.41, 5.74) is 8.19. The first-order valence-corrected chi connectivity index (χ1v) is 13.0. The monoisotopic (exact) mass is 492 g/mol. The average molecular weight is 493 g/mol. The van der Waals surface area contributed by atoms with Gasteiger partial charge in [0, 0.05) is 46.0 Å². The second-order valence-corrected chi connectivity index (χ2v) is 10.6. The number of pyridine rings is 3. The summed E-state index contributed by atoms with van der Waals surface area (Å²) < 4.78 is 0. The molecule has 0 radical (unpaired) electrons. The van der Waals surface area contributed by atoms with Gasteiger partial charge < -0.3 is 4.98 Å². The molecular weight excluding hydrogens is 468 g/mol. The van der Waals surface area contributed by atoms with Crippen LogP contribution >= 0.6 is 11.3 Å². The number of thiophene rings is 1. The molecule has 1 aliphatic rings. The maximum Gasteiger partial charge on any atom is 0.161 e. The highest BCUT2D eigenvalue weighted by Crippen LogP contribution is 2.34. The molecule has 0 amide bonds. The van der Waals surface area contributed by atoms with Crippen molar-refractivity contribution in [2.75, 3.05) is 13.1 Å². The molecule has 2 N–H and O–H groups in total. The average Bonchev–Trinajstić information content (AvgIpc) is 3.70. The SMILES string of the molecule is Cc1ccc(-c2cncc3[nH]c(-c4n[nH]c5ccc(-c6cncc(CN7CCCC7)c6)nc45)nc23)s1. The van der Waals surface area contributed by atoms with E-state index in [0.717, 1.165) is 63.4 Å². The van der Waals surface area contributed by atoms with Gasteiger partial charge in [-0.3, -0.25) is 20.0 Å². The van der Waals surface area contributed by atoms with Crippen molar-refractivity contribution in [3.05, 3.63) is 65.6 Å². The summed E-state index contributed by atoms with van der Waals surface area (Å²) >= 11 is 1.74. The molecule has 1 fully saturated rings. The summed E-state index contributed by atoms with van der Waals surface area (Å²) in [6.07, 6.45) is 10.1. The van der Waals surface area contributed by atoms with E-state index < -0.39 is 0 Å². The predicted octanol–water partition coefficient (Wildman–Crippen LogP) is 5.59. The number of imidazole rings is 1. The highest BCUT2D eigenvalue weighted by molar-refractivity contribution is 7.15. The molecule has 6 aromatic rings. The van der Waals surface area contributed by atoms with E-state index in [9.17, 15) is 0 Å². The Morgan fingerprint density at radius 2 is 1.81 bits per heavy atom. The minimum Gasteiger partial charge on any atom is -0.335 e. The van der Waals surface area contributed by atoms with Crippen LogP contribution in [0.25, 0.3) is 55.3 Å². The molecule has 8 nitrogen and oxygen atoms in total. The smallest absolute Gasteiger partial charge is 0.161 e. The third kappa shape index (κ3) is 3.77. The molecule has 0 aromatic carbocycles. The van der Waals surface area contributed by atoms with Gasteiger partial charge in [0.2, 0.25) is 0 Å². The maximum atomic E-state index is 4.99. The minimum absolute atomic E-state index is 0.671. The Balaban J connectivity index is 1.28. The lowest BCUT2D eigenvalue weighted by Gasteiger charge is -2.14. The fraction of sp³-hybridized carbons (Fsp3) is 0.222. The standard InChI is InChI=1S/C27H24N8S/c1-16-4-7-23(36-16)19-13-29-14-22-24(19)32-27(31-22)26-25-21(33-34-26)6-5-20(30-25)18-10-17(11-28-12-18)15-35-8-2-3-9-35/h4-7,10-14H,2-3,8-9,15H2,1H3,(H,31,32)(H,33,34). The molecule has 0 spiro atoms. The van der Waals surface area contributed by atoms with E-state index in [4.69, 9.17) is 9.97 Å². The molecule has 0 atom stereocenters. The van der Waals surface area contributed by atoms with E-state index in [2.05, 4.69) is 55.2 Å². The van der Waals surface area contributed by atoms with Crippen molar-refractivity contribution >= 4 is 33.4 Å². The molecule has 1 aliphatic heterocycles. The van der Waals surface area contributed by atoms with Crippen LogP contribution in [0.15, 0.2) is 55.1 Å². The molecule has 1 saturated heterocycles. The van der Waals surface area contributed by atoms with Crippen LogP contribution in [0.4, 0.5) is 0 Å². The Bertz CT molecular complexity index is 1710. The first kappa shape index (κ1) is 21.3. The number of rotatable bonds is 5. The highest BCUT2D eigenvalue weighted by Gasteiger charge is 2.18. The van der Waals surface area contributed by atoms with Crippen LogP contribution in [0.3, 0.4) is 0 Å². The third-order valence-electron chi connectivity index (χ3n) is 6.73. The third-order valence-corrected chi connectivity index (χ3v) is 7.76. The number of aromatic amines is 2. The van der Waals surface area contributed by atoms with Gasteiger partial charge in [-0.1, -0.05) is 0 Å². The van der Waals surface area contributed by atoms with E-state index in [-0.39, 0.29) is 0 Å². The van der Waals surface area contributed by atoms with Gasteiger partial charge in [0.25, 0.3) is 0 Å². The van der Waals surface area contributed by atoms with Crippen molar-refractivity contribution in [2.45, 2.75) is 26.3 Å². The number of hydrogen-bond donors (Lipinski definition) is 2. The zero-order chi connectivity index (χ0) is 24.1. The van der Waals surface area contributed by atoms with Crippen molar-refractivity contribution in [1.29, 1.82) is 0 Å². The molecule has 178 valence electrons. The number of nitrogens with zero attached hydrogens (tertiary/aromatic N) is 6. The van der Waals surface area contributed by atoms with Gasteiger partial charge in [-0.25, -0.2) is 9.97 Å². The van der Waals surface area contributed by atoms with Gasteiger partial charge in [0.05, 0.1) is 22.9 Å². The maximum absolute atomic E-state index is 4.99. The number of fused-ring (bicyclic) bond motifs is 2. The predicted molar refractivity (Wildman–Crippen MR) is 143 cm³/mol. The Kier molecular flexibility index (Phi) is 5.11. The number of aromatic nitrogens is 7. The van der Waals surface area contributed by atoms with E-state index in [1.54, 1.807) is 17.5 Å². The van der Waals surface area contributed by atoms with Gasteiger partial charge in [0.1, 0.15) is 11.0 Å². The molecular formula is C27H24N8S. The lowest BCUT2D eigenvalue weighted by molar-refractivity contribution is 0.331. The molecule has 0 saturated carbocycles. The Labute approximate surface area is 211 Å². The molecule has 7 heterocycles. The van der Waals surface area contributed by atoms with Gasteiger partial charge in [0.15, 0.2) is 11.5 Å². The summed E-state index contributed by atoms with van der Waals surface area (Å²) in [4.78, 5) is 27.2. The Morgan fingerprint density at radius 3 is 2.67 bits per heavy atom. The van der Waals surface area contributed by atoms with Crippen LogP contribution in [-0.2, 0) is 6.54 Å². The number of aryl methyl sites for hydroxylation is 1. The van der Waals surface area contributed by atoms with Gasteiger partial charge >= 0.3 is 0 Å². The Morgan fingerprint density at radius 1 is 0.917 bits per heavy atom. The fourth-order valence-electron chi connectivity index (χ4n) is 4.94. The molecule has 7 rings (SSSR count). The van der Waals surface area contributed by atoms with Crippen LogP contribution in [0.1, 0.15) is 23.3 Å². The van der Waals surface area contributed by atoms with E-state index in [1.807, 2.05) is 30.7 Å². The number of likely N-dealkylation sites (tertiary alicyclic amines) is 1. The van der Waals surface area contributed by atoms with Crippen molar-refractivity contribution in [3.63, 3.8) is 0 Å². The summed E-state index contributed by atoms with van der Waals surface area (Å²) in [6.45, 7) is 5.36. The number of nitrogens with one attached hydrogen (secondary N) is 2. The summed E-state index contributed by atoms with van der Waals surface area (Å²) in [7, 11) is 0. The molecule has 0 aliphatic carbocycles. The van der Waals surface area contributed by atoms with Crippen molar-refractivity contribution in [3.8, 4) is 33.2 Å². The zero-order valence-corrected chi connectivity index (χ0v) is 20.6. The van der Waals surface area contributed by atoms with Gasteiger partial charge in [-0.05, 0) is 68.8 Å². The topological polar surface area (TPSA) is 99.3 Å². The van der Waals surface area contributed by atoms with Crippen LogP contribution in [0.2, 0.25) is 0 Å². The van der Waals surface area contributed by atoms with E-state index in [1.165, 1.54) is 23.3 Å².